The van der Waals surface area contributed by atoms with E-state index in [2.05, 4.69) is 9.80 Å². The van der Waals surface area contributed by atoms with Crippen LogP contribution in [-0.2, 0) is 9.53 Å². The second-order valence-corrected chi connectivity index (χ2v) is 6.38. The number of carbonyl (C=O) groups excluding carboxylic acids is 1. The van der Waals surface area contributed by atoms with E-state index < -0.39 is 0 Å². The summed E-state index contributed by atoms with van der Waals surface area (Å²) in [6, 6.07) is 0.573. The van der Waals surface area contributed by atoms with Crippen molar-refractivity contribution in [2.24, 2.45) is 5.73 Å². The van der Waals surface area contributed by atoms with E-state index in [0.717, 1.165) is 45.8 Å². The number of ether oxygens (including phenoxy) is 1. The highest BCUT2D eigenvalue weighted by molar-refractivity contribution is 7.80. The second-order valence-electron chi connectivity index (χ2n) is 5.86. The Labute approximate surface area is 132 Å². The number of hydrogen-bond acceptors (Lipinski definition) is 5. The second kappa shape index (κ2) is 8.03. The predicted octanol–water partition coefficient (Wildman–Crippen LogP) is -0.472. The molecule has 2 saturated heterocycles. The van der Waals surface area contributed by atoms with E-state index in [4.69, 9.17) is 22.7 Å². The lowest BCUT2D eigenvalue weighted by atomic mass is 10.2. The number of hydrogen-bond donors (Lipinski definition) is 1. The zero-order chi connectivity index (χ0) is 15.2. The summed E-state index contributed by atoms with van der Waals surface area (Å²) in [5.41, 5.74) is 5.47. The van der Waals surface area contributed by atoms with E-state index in [0.29, 0.717) is 30.5 Å². The zero-order valence-electron chi connectivity index (χ0n) is 12.8. The first-order valence-corrected chi connectivity index (χ1v) is 8.03. The van der Waals surface area contributed by atoms with Crippen molar-refractivity contribution < 1.29 is 9.53 Å². The molecule has 21 heavy (non-hydrogen) atoms. The smallest absolute Gasteiger partial charge is 0.236 e. The van der Waals surface area contributed by atoms with Gasteiger partial charge in [0.25, 0.3) is 0 Å². The van der Waals surface area contributed by atoms with E-state index in [1.807, 2.05) is 7.05 Å². The maximum absolute atomic E-state index is 12.2. The van der Waals surface area contributed by atoms with Gasteiger partial charge in [-0.1, -0.05) is 12.2 Å². The Morgan fingerprint density at radius 2 is 2.10 bits per heavy atom. The van der Waals surface area contributed by atoms with E-state index in [9.17, 15) is 4.79 Å². The number of nitrogens with two attached hydrogens (primary N) is 1. The fraction of sp³-hybridized carbons (Fsp3) is 0.857. The molecule has 2 aliphatic heterocycles. The quantitative estimate of drug-likeness (QED) is 0.669. The average molecular weight is 314 g/mol. The Hall–Kier alpha value is -0.760. The molecular weight excluding hydrogens is 288 g/mol. The molecule has 0 bridgehead atoms. The minimum atomic E-state index is 0.147. The molecule has 1 atom stereocenters. The first kappa shape index (κ1) is 16.6. The SMILES string of the molecule is CN(CCC(N)=S)C(=O)CN1CCC(N2CCOCC2)C1. The molecule has 0 aromatic carbocycles. The van der Waals surface area contributed by atoms with Gasteiger partial charge < -0.3 is 15.4 Å². The third kappa shape index (κ3) is 5.18. The number of rotatable bonds is 6. The molecule has 7 heteroatoms. The largest absolute Gasteiger partial charge is 0.393 e. The minimum Gasteiger partial charge on any atom is -0.393 e. The summed E-state index contributed by atoms with van der Waals surface area (Å²) in [5, 5.41) is 0. The number of nitrogens with zero attached hydrogens (tertiary/aromatic N) is 3. The van der Waals surface area contributed by atoms with Gasteiger partial charge in [-0.3, -0.25) is 14.6 Å². The molecule has 120 valence electrons. The molecule has 0 aliphatic carbocycles. The van der Waals surface area contributed by atoms with Gasteiger partial charge in [0.15, 0.2) is 0 Å². The van der Waals surface area contributed by atoms with Crippen LogP contribution in [0.5, 0.6) is 0 Å². The van der Waals surface area contributed by atoms with Crippen LogP contribution in [0.25, 0.3) is 0 Å². The van der Waals surface area contributed by atoms with Crippen LogP contribution in [0.2, 0.25) is 0 Å². The first-order valence-electron chi connectivity index (χ1n) is 7.62. The summed E-state index contributed by atoms with van der Waals surface area (Å²) in [6.45, 7) is 6.77. The van der Waals surface area contributed by atoms with Crippen molar-refractivity contribution in [3.05, 3.63) is 0 Å². The van der Waals surface area contributed by atoms with Gasteiger partial charge >= 0.3 is 0 Å². The van der Waals surface area contributed by atoms with Gasteiger partial charge in [-0.25, -0.2) is 0 Å². The molecule has 0 aromatic heterocycles. The topological polar surface area (TPSA) is 62.0 Å². The zero-order valence-corrected chi connectivity index (χ0v) is 13.6. The summed E-state index contributed by atoms with van der Waals surface area (Å²) >= 11 is 4.85. The molecule has 2 rings (SSSR count). The Kier molecular flexibility index (Phi) is 6.35. The lowest BCUT2D eigenvalue weighted by Crippen LogP contribution is -2.45. The highest BCUT2D eigenvalue weighted by Gasteiger charge is 2.29. The molecular formula is C14H26N4O2S. The van der Waals surface area contributed by atoms with Crippen LogP contribution >= 0.6 is 12.2 Å². The van der Waals surface area contributed by atoms with Crippen LogP contribution in [0.4, 0.5) is 0 Å². The number of amides is 1. The highest BCUT2D eigenvalue weighted by atomic mass is 32.1. The lowest BCUT2D eigenvalue weighted by molar-refractivity contribution is -0.130. The number of thiocarbonyl (C=S) groups is 1. The predicted molar refractivity (Wildman–Crippen MR) is 86.3 cm³/mol. The summed E-state index contributed by atoms with van der Waals surface area (Å²) < 4.78 is 5.39. The number of morpholine rings is 1. The average Bonchev–Trinajstić information content (AvgIpc) is 2.94. The Bertz CT molecular complexity index is 374. The third-order valence-corrected chi connectivity index (χ3v) is 4.49. The minimum absolute atomic E-state index is 0.147. The van der Waals surface area contributed by atoms with Gasteiger partial charge in [0.2, 0.25) is 5.91 Å². The van der Waals surface area contributed by atoms with Crippen molar-refractivity contribution in [1.82, 2.24) is 14.7 Å². The standard InChI is InChI=1S/C14H26N4O2S/c1-16(4-3-13(15)21)14(19)11-17-5-2-12(10-17)18-6-8-20-9-7-18/h12H,2-11H2,1H3,(H2,15,21). The van der Waals surface area contributed by atoms with Crippen LogP contribution in [-0.4, -0.2) is 91.2 Å². The molecule has 2 heterocycles. The number of likely N-dealkylation sites (tertiary alicyclic amines) is 1. The fourth-order valence-corrected chi connectivity index (χ4v) is 3.00. The molecule has 6 nitrogen and oxygen atoms in total. The van der Waals surface area contributed by atoms with E-state index in [1.54, 1.807) is 4.90 Å². The van der Waals surface area contributed by atoms with Crippen LogP contribution in [0.3, 0.4) is 0 Å². The van der Waals surface area contributed by atoms with Gasteiger partial charge in [0, 0.05) is 52.2 Å². The summed E-state index contributed by atoms with van der Waals surface area (Å²) in [5.74, 6) is 0.147. The molecule has 2 aliphatic rings. The molecule has 2 fully saturated rings. The Morgan fingerprint density at radius 3 is 2.76 bits per heavy atom. The van der Waals surface area contributed by atoms with Crippen molar-refractivity contribution in [2.45, 2.75) is 18.9 Å². The normalized spacial score (nSPS) is 24.1. The molecule has 0 radical (unpaired) electrons. The fourth-order valence-electron chi connectivity index (χ4n) is 2.91. The Morgan fingerprint density at radius 1 is 1.38 bits per heavy atom. The summed E-state index contributed by atoms with van der Waals surface area (Å²) in [6.07, 6.45) is 1.73. The molecule has 0 saturated carbocycles. The van der Waals surface area contributed by atoms with Crippen molar-refractivity contribution in [3.8, 4) is 0 Å². The molecule has 0 aromatic rings. The monoisotopic (exact) mass is 314 g/mol. The molecule has 1 amide bonds. The van der Waals surface area contributed by atoms with Crippen LogP contribution in [0.1, 0.15) is 12.8 Å². The van der Waals surface area contributed by atoms with Crippen molar-refractivity contribution in [1.29, 1.82) is 0 Å². The van der Waals surface area contributed by atoms with Crippen molar-refractivity contribution in [2.75, 3.05) is 59.5 Å². The van der Waals surface area contributed by atoms with Gasteiger partial charge in [-0.05, 0) is 6.42 Å². The van der Waals surface area contributed by atoms with Gasteiger partial charge in [0.05, 0.1) is 24.7 Å². The van der Waals surface area contributed by atoms with Crippen LogP contribution in [0, 0.1) is 0 Å². The third-order valence-electron chi connectivity index (χ3n) is 4.29. The van der Waals surface area contributed by atoms with E-state index >= 15 is 0 Å². The van der Waals surface area contributed by atoms with Crippen LogP contribution < -0.4 is 5.73 Å². The van der Waals surface area contributed by atoms with Gasteiger partial charge in [-0.2, -0.15) is 0 Å². The maximum Gasteiger partial charge on any atom is 0.236 e. The van der Waals surface area contributed by atoms with Gasteiger partial charge in [-0.15, -0.1) is 0 Å². The van der Waals surface area contributed by atoms with E-state index in [-0.39, 0.29) is 5.91 Å². The molecule has 0 spiro atoms. The lowest BCUT2D eigenvalue weighted by Gasteiger charge is -2.32. The summed E-state index contributed by atoms with van der Waals surface area (Å²) in [7, 11) is 1.82. The van der Waals surface area contributed by atoms with Crippen molar-refractivity contribution in [3.63, 3.8) is 0 Å². The maximum atomic E-state index is 12.2. The van der Waals surface area contributed by atoms with E-state index in [1.165, 1.54) is 0 Å². The first-order chi connectivity index (χ1) is 10.1. The Balaban J connectivity index is 1.71. The number of likely N-dealkylation sites (N-methyl/N-ethyl adjacent to an activating group) is 1. The molecule has 2 N–H and O–H groups in total. The van der Waals surface area contributed by atoms with Crippen molar-refractivity contribution >= 4 is 23.1 Å². The van der Waals surface area contributed by atoms with Crippen LogP contribution in [0.15, 0.2) is 0 Å². The molecule has 1 unspecified atom stereocenters. The number of carbonyl (C=O) groups is 1. The van der Waals surface area contributed by atoms with Gasteiger partial charge in [0.1, 0.15) is 0 Å². The summed E-state index contributed by atoms with van der Waals surface area (Å²) in [4.78, 5) is 19.1. The highest BCUT2D eigenvalue weighted by Crippen LogP contribution is 2.16.